The molecule has 3 heteroatoms. The van der Waals surface area contributed by atoms with Crippen molar-refractivity contribution in [3.8, 4) is 0 Å². The molecule has 1 rings (SSSR count). The molecule has 2 nitrogen and oxygen atoms in total. The molecule has 0 saturated carbocycles. The van der Waals surface area contributed by atoms with Crippen molar-refractivity contribution in [1.82, 2.24) is 0 Å². The SMILES string of the molecule is CC.CC(O)c1ccccc1COP. The average molecular weight is 214 g/mol. The molecule has 0 fully saturated rings. The molecular weight excluding hydrogens is 195 g/mol. The van der Waals surface area contributed by atoms with Crippen LogP contribution in [0.1, 0.15) is 38.0 Å². The zero-order chi connectivity index (χ0) is 11.0. The van der Waals surface area contributed by atoms with E-state index in [1.165, 1.54) is 0 Å². The number of rotatable bonds is 3. The van der Waals surface area contributed by atoms with Gasteiger partial charge in [0.25, 0.3) is 0 Å². The van der Waals surface area contributed by atoms with Gasteiger partial charge in [-0.1, -0.05) is 38.1 Å². The van der Waals surface area contributed by atoms with Crippen LogP contribution in [0.15, 0.2) is 24.3 Å². The summed E-state index contributed by atoms with van der Waals surface area (Å²) >= 11 is 0. The lowest BCUT2D eigenvalue weighted by Crippen LogP contribution is -1.97. The highest BCUT2D eigenvalue weighted by Crippen LogP contribution is 2.18. The first kappa shape index (κ1) is 13.6. The van der Waals surface area contributed by atoms with Crippen molar-refractivity contribution >= 4 is 9.47 Å². The van der Waals surface area contributed by atoms with Crippen molar-refractivity contribution in [2.45, 2.75) is 33.5 Å². The molecule has 0 aliphatic carbocycles. The van der Waals surface area contributed by atoms with Gasteiger partial charge in [-0.05, 0) is 18.1 Å². The Balaban J connectivity index is 0.000000791. The fraction of sp³-hybridized carbons (Fsp3) is 0.455. The highest BCUT2D eigenvalue weighted by Gasteiger charge is 2.05. The highest BCUT2D eigenvalue weighted by molar-refractivity contribution is 7.09. The first-order chi connectivity index (χ1) is 6.75. The number of hydrogen-bond donors (Lipinski definition) is 1. The first-order valence-corrected chi connectivity index (χ1v) is 5.30. The van der Waals surface area contributed by atoms with Crippen LogP contribution in [0.4, 0.5) is 0 Å². The van der Waals surface area contributed by atoms with Gasteiger partial charge in [-0.2, -0.15) is 0 Å². The lowest BCUT2D eigenvalue weighted by molar-refractivity contribution is 0.196. The van der Waals surface area contributed by atoms with Gasteiger partial charge in [0, 0.05) is 9.47 Å². The second-order valence-electron chi connectivity index (χ2n) is 2.69. The van der Waals surface area contributed by atoms with Crippen LogP contribution in [0, 0.1) is 0 Å². The average Bonchev–Trinajstić information content (AvgIpc) is 2.22. The van der Waals surface area contributed by atoms with E-state index in [2.05, 4.69) is 9.47 Å². The van der Waals surface area contributed by atoms with Crippen LogP contribution in [0.25, 0.3) is 0 Å². The molecule has 0 radical (unpaired) electrons. The quantitative estimate of drug-likeness (QED) is 0.783. The normalized spacial score (nSPS) is 11.5. The van der Waals surface area contributed by atoms with Crippen molar-refractivity contribution in [2.75, 3.05) is 0 Å². The molecule has 0 heterocycles. The summed E-state index contributed by atoms with van der Waals surface area (Å²) in [7, 11) is 2.20. The third-order valence-corrected chi connectivity index (χ3v) is 1.91. The molecular formula is C11H19O2P. The van der Waals surface area contributed by atoms with E-state index < -0.39 is 6.10 Å². The van der Waals surface area contributed by atoms with E-state index in [9.17, 15) is 5.11 Å². The van der Waals surface area contributed by atoms with E-state index in [-0.39, 0.29) is 0 Å². The first-order valence-electron chi connectivity index (χ1n) is 4.83. The van der Waals surface area contributed by atoms with Crippen molar-refractivity contribution in [1.29, 1.82) is 0 Å². The molecule has 2 unspecified atom stereocenters. The zero-order valence-electron chi connectivity index (χ0n) is 9.03. The van der Waals surface area contributed by atoms with Gasteiger partial charge in [-0.15, -0.1) is 0 Å². The van der Waals surface area contributed by atoms with E-state index in [0.29, 0.717) is 6.61 Å². The molecule has 0 aliphatic rings. The monoisotopic (exact) mass is 214 g/mol. The summed E-state index contributed by atoms with van der Waals surface area (Å²) in [5, 5.41) is 9.37. The summed E-state index contributed by atoms with van der Waals surface area (Å²) in [6.45, 7) is 6.27. The summed E-state index contributed by atoms with van der Waals surface area (Å²) in [6.07, 6.45) is -0.429. The predicted octanol–water partition coefficient (Wildman–Crippen LogP) is 3.07. The summed E-state index contributed by atoms with van der Waals surface area (Å²) in [6, 6.07) is 7.70. The van der Waals surface area contributed by atoms with Gasteiger partial charge >= 0.3 is 0 Å². The van der Waals surface area contributed by atoms with E-state index in [1.807, 2.05) is 38.1 Å². The Hall–Kier alpha value is -0.430. The minimum absolute atomic E-state index is 0.429. The molecule has 0 bridgehead atoms. The molecule has 2 atom stereocenters. The van der Waals surface area contributed by atoms with Gasteiger partial charge in [0.05, 0.1) is 12.7 Å². The summed E-state index contributed by atoms with van der Waals surface area (Å²) in [4.78, 5) is 0. The van der Waals surface area contributed by atoms with Gasteiger partial charge < -0.3 is 9.63 Å². The third kappa shape index (κ3) is 4.19. The van der Waals surface area contributed by atoms with Crippen molar-refractivity contribution in [2.24, 2.45) is 0 Å². The molecule has 0 aliphatic heterocycles. The van der Waals surface area contributed by atoms with Gasteiger partial charge in [-0.3, -0.25) is 0 Å². The van der Waals surface area contributed by atoms with Crippen LogP contribution in [0.2, 0.25) is 0 Å². The number of hydrogen-bond acceptors (Lipinski definition) is 2. The van der Waals surface area contributed by atoms with Crippen LogP contribution < -0.4 is 0 Å². The van der Waals surface area contributed by atoms with Crippen molar-refractivity contribution in [3.05, 3.63) is 35.4 Å². The largest absolute Gasteiger partial charge is 0.389 e. The Labute approximate surface area is 88.6 Å². The predicted molar refractivity (Wildman–Crippen MR) is 62.9 cm³/mol. The molecule has 1 N–H and O–H groups in total. The Morgan fingerprint density at radius 2 is 1.93 bits per heavy atom. The Kier molecular flexibility index (Phi) is 7.68. The van der Waals surface area contributed by atoms with Gasteiger partial charge in [0.15, 0.2) is 0 Å². The van der Waals surface area contributed by atoms with Gasteiger partial charge in [0.2, 0.25) is 0 Å². The minimum Gasteiger partial charge on any atom is -0.389 e. The molecule has 0 amide bonds. The van der Waals surface area contributed by atoms with Crippen LogP contribution in [-0.2, 0) is 11.1 Å². The second kappa shape index (κ2) is 7.93. The van der Waals surface area contributed by atoms with E-state index in [1.54, 1.807) is 6.92 Å². The highest BCUT2D eigenvalue weighted by atomic mass is 31.0. The maximum atomic E-state index is 9.37. The molecule has 14 heavy (non-hydrogen) atoms. The maximum absolute atomic E-state index is 9.37. The van der Waals surface area contributed by atoms with Gasteiger partial charge in [0.1, 0.15) is 0 Å². The lowest BCUT2D eigenvalue weighted by Gasteiger charge is -2.10. The van der Waals surface area contributed by atoms with Crippen LogP contribution in [0.5, 0.6) is 0 Å². The Morgan fingerprint density at radius 3 is 2.43 bits per heavy atom. The number of aliphatic hydroxyl groups excluding tert-OH is 1. The zero-order valence-corrected chi connectivity index (χ0v) is 10.2. The van der Waals surface area contributed by atoms with E-state index in [0.717, 1.165) is 11.1 Å². The third-order valence-electron chi connectivity index (χ3n) is 1.74. The summed E-state index contributed by atoms with van der Waals surface area (Å²) in [5.74, 6) is 0. The molecule has 0 spiro atoms. The standard InChI is InChI=1S/C9H13O2P.C2H6/c1-7(10)9-5-3-2-4-8(9)6-11-12;1-2/h2-5,7,10H,6,12H2,1H3;1-2H3. The molecule has 80 valence electrons. The van der Waals surface area contributed by atoms with Gasteiger partial charge in [-0.25, -0.2) is 0 Å². The van der Waals surface area contributed by atoms with Crippen LogP contribution in [0.3, 0.4) is 0 Å². The maximum Gasteiger partial charge on any atom is 0.0765 e. The Morgan fingerprint density at radius 1 is 1.36 bits per heavy atom. The smallest absolute Gasteiger partial charge is 0.0765 e. The summed E-state index contributed by atoms with van der Waals surface area (Å²) in [5.41, 5.74) is 1.96. The summed E-state index contributed by atoms with van der Waals surface area (Å²) < 4.78 is 4.92. The Bertz CT molecular complexity index is 249. The molecule has 1 aromatic carbocycles. The number of benzene rings is 1. The fourth-order valence-corrected chi connectivity index (χ4v) is 1.34. The number of aliphatic hydroxyl groups is 1. The second-order valence-corrected chi connectivity index (χ2v) is 3.02. The lowest BCUT2D eigenvalue weighted by atomic mass is 10.0. The van der Waals surface area contributed by atoms with Crippen molar-refractivity contribution in [3.63, 3.8) is 0 Å². The fourth-order valence-electron chi connectivity index (χ4n) is 1.16. The van der Waals surface area contributed by atoms with Crippen LogP contribution >= 0.6 is 9.47 Å². The van der Waals surface area contributed by atoms with E-state index >= 15 is 0 Å². The topological polar surface area (TPSA) is 29.5 Å². The molecule has 0 aromatic heterocycles. The minimum atomic E-state index is -0.429. The molecule has 1 aromatic rings. The van der Waals surface area contributed by atoms with Crippen LogP contribution in [-0.4, -0.2) is 5.11 Å². The van der Waals surface area contributed by atoms with E-state index in [4.69, 9.17) is 4.52 Å². The van der Waals surface area contributed by atoms with Crippen molar-refractivity contribution < 1.29 is 9.63 Å². The molecule has 0 saturated heterocycles.